The molecule has 0 unspecified atom stereocenters. The van der Waals surface area contributed by atoms with Crippen LogP contribution in [0.1, 0.15) is 17.5 Å². The first-order chi connectivity index (χ1) is 12.0. The molecular weight excluding hydrogens is 342 g/mol. The van der Waals surface area contributed by atoms with Crippen LogP contribution in [0.25, 0.3) is 0 Å². The van der Waals surface area contributed by atoms with Crippen molar-refractivity contribution in [3.63, 3.8) is 0 Å². The van der Waals surface area contributed by atoms with E-state index in [1.807, 2.05) is 19.1 Å². The van der Waals surface area contributed by atoms with Crippen LogP contribution in [0.2, 0.25) is 5.02 Å². The van der Waals surface area contributed by atoms with Crippen LogP contribution in [-0.4, -0.2) is 25.1 Å². The van der Waals surface area contributed by atoms with E-state index in [-0.39, 0.29) is 6.42 Å². The van der Waals surface area contributed by atoms with Gasteiger partial charge < -0.3 is 10.1 Å². The standard InChI is InChI=1S/C18H18ClN3O3/c1-12-3-4-13(9-16(12)25-2)11-20-22-18(24)10-17(23)21-15-7-5-14(19)6-8-15/h3-9,11H,10H2,1-2H3,(H,21,23)(H,22,24). The average Bonchev–Trinajstić information content (AvgIpc) is 2.58. The third-order valence-electron chi connectivity index (χ3n) is 3.28. The van der Waals surface area contributed by atoms with Crippen molar-refractivity contribution in [3.05, 3.63) is 58.6 Å². The first-order valence-electron chi connectivity index (χ1n) is 7.50. The molecule has 0 spiro atoms. The fourth-order valence-electron chi connectivity index (χ4n) is 2.02. The molecule has 2 N–H and O–H groups in total. The van der Waals surface area contributed by atoms with Gasteiger partial charge in [0, 0.05) is 10.7 Å². The van der Waals surface area contributed by atoms with E-state index in [1.165, 1.54) is 6.21 Å². The number of amides is 2. The first kappa shape index (κ1) is 18.5. The van der Waals surface area contributed by atoms with Crippen molar-refractivity contribution >= 4 is 35.3 Å². The number of halogens is 1. The van der Waals surface area contributed by atoms with E-state index in [4.69, 9.17) is 16.3 Å². The van der Waals surface area contributed by atoms with Crippen LogP contribution < -0.4 is 15.5 Å². The summed E-state index contributed by atoms with van der Waals surface area (Å²) in [5, 5.41) is 7.01. The third kappa shape index (κ3) is 5.93. The van der Waals surface area contributed by atoms with Gasteiger partial charge in [-0.05, 0) is 48.4 Å². The molecule has 0 atom stereocenters. The molecule has 0 saturated heterocycles. The Kier molecular flexibility index (Phi) is 6.54. The number of carbonyl (C=O) groups is 2. The number of benzene rings is 2. The molecule has 0 radical (unpaired) electrons. The molecule has 6 nitrogen and oxygen atoms in total. The highest BCUT2D eigenvalue weighted by atomic mass is 35.5. The minimum Gasteiger partial charge on any atom is -0.496 e. The van der Waals surface area contributed by atoms with Gasteiger partial charge in [0.15, 0.2) is 0 Å². The molecule has 0 aliphatic heterocycles. The lowest BCUT2D eigenvalue weighted by Crippen LogP contribution is -2.24. The van der Waals surface area contributed by atoms with Crippen LogP contribution in [0.3, 0.4) is 0 Å². The van der Waals surface area contributed by atoms with Gasteiger partial charge in [0.25, 0.3) is 0 Å². The third-order valence-corrected chi connectivity index (χ3v) is 3.54. The minimum absolute atomic E-state index is 0.336. The molecule has 0 fully saturated rings. The van der Waals surface area contributed by atoms with Crippen molar-refractivity contribution in [2.75, 3.05) is 12.4 Å². The maximum Gasteiger partial charge on any atom is 0.249 e. The molecule has 2 rings (SSSR count). The zero-order valence-corrected chi connectivity index (χ0v) is 14.6. The van der Waals surface area contributed by atoms with Gasteiger partial charge in [-0.1, -0.05) is 23.7 Å². The monoisotopic (exact) mass is 359 g/mol. The molecule has 2 amide bonds. The lowest BCUT2D eigenvalue weighted by molar-refractivity contribution is -0.126. The summed E-state index contributed by atoms with van der Waals surface area (Å²) in [5.74, 6) is -0.216. The van der Waals surface area contributed by atoms with Crippen molar-refractivity contribution in [1.82, 2.24) is 5.43 Å². The molecule has 7 heteroatoms. The lowest BCUT2D eigenvalue weighted by Gasteiger charge is -2.05. The Morgan fingerprint density at radius 3 is 2.56 bits per heavy atom. The number of methoxy groups -OCH3 is 1. The van der Waals surface area contributed by atoms with Crippen LogP contribution >= 0.6 is 11.6 Å². The van der Waals surface area contributed by atoms with Crippen molar-refractivity contribution in [2.24, 2.45) is 5.10 Å². The second-order valence-corrected chi connectivity index (χ2v) is 5.69. The number of nitrogens with one attached hydrogen (secondary N) is 2. The number of aryl methyl sites for hydroxylation is 1. The number of carbonyl (C=O) groups excluding carboxylic acids is 2. The SMILES string of the molecule is COc1cc(C=NNC(=O)CC(=O)Nc2ccc(Cl)cc2)ccc1C. The highest BCUT2D eigenvalue weighted by Crippen LogP contribution is 2.17. The summed E-state index contributed by atoms with van der Waals surface area (Å²) in [4.78, 5) is 23.5. The summed E-state index contributed by atoms with van der Waals surface area (Å²) in [6, 6.07) is 12.2. The maximum atomic E-state index is 11.8. The molecule has 2 aromatic carbocycles. The smallest absolute Gasteiger partial charge is 0.249 e. The zero-order chi connectivity index (χ0) is 18.2. The van der Waals surface area contributed by atoms with Gasteiger partial charge in [0.1, 0.15) is 12.2 Å². The van der Waals surface area contributed by atoms with Gasteiger partial charge >= 0.3 is 0 Å². The molecule has 0 heterocycles. The molecule has 0 saturated carbocycles. The molecule has 0 aromatic heterocycles. The Hall–Kier alpha value is -2.86. The molecule has 2 aromatic rings. The maximum absolute atomic E-state index is 11.8. The number of hydrogen-bond donors (Lipinski definition) is 2. The predicted octanol–water partition coefficient (Wildman–Crippen LogP) is 3.14. The minimum atomic E-state index is -0.512. The van der Waals surface area contributed by atoms with E-state index in [0.717, 1.165) is 16.9 Å². The zero-order valence-electron chi connectivity index (χ0n) is 13.9. The van der Waals surface area contributed by atoms with Crippen LogP contribution in [0, 0.1) is 6.92 Å². The normalized spacial score (nSPS) is 10.5. The van der Waals surface area contributed by atoms with Gasteiger partial charge in [-0.2, -0.15) is 5.10 Å². The molecule has 0 aliphatic carbocycles. The van der Waals surface area contributed by atoms with Gasteiger partial charge in [-0.15, -0.1) is 0 Å². The van der Waals surface area contributed by atoms with Gasteiger partial charge in [0.2, 0.25) is 11.8 Å². The van der Waals surface area contributed by atoms with Gasteiger partial charge in [-0.3, -0.25) is 9.59 Å². The molecule has 25 heavy (non-hydrogen) atoms. The van der Waals surface area contributed by atoms with Crippen molar-refractivity contribution in [1.29, 1.82) is 0 Å². The number of rotatable bonds is 6. The summed E-state index contributed by atoms with van der Waals surface area (Å²) in [6.45, 7) is 1.93. The Morgan fingerprint density at radius 2 is 1.88 bits per heavy atom. The van der Waals surface area contributed by atoms with E-state index < -0.39 is 11.8 Å². The Morgan fingerprint density at radius 1 is 1.16 bits per heavy atom. The topological polar surface area (TPSA) is 79.8 Å². The summed E-state index contributed by atoms with van der Waals surface area (Å²) in [7, 11) is 1.59. The Balaban J connectivity index is 1.83. The van der Waals surface area contributed by atoms with Crippen LogP contribution in [0.5, 0.6) is 5.75 Å². The van der Waals surface area contributed by atoms with Crippen LogP contribution in [0.15, 0.2) is 47.6 Å². The van der Waals surface area contributed by atoms with Crippen molar-refractivity contribution in [3.8, 4) is 5.75 Å². The van der Waals surface area contributed by atoms with Crippen LogP contribution in [0.4, 0.5) is 5.69 Å². The van der Waals surface area contributed by atoms with Gasteiger partial charge in [-0.25, -0.2) is 5.43 Å². The van der Waals surface area contributed by atoms with E-state index >= 15 is 0 Å². The lowest BCUT2D eigenvalue weighted by atomic mass is 10.1. The van der Waals surface area contributed by atoms with E-state index in [9.17, 15) is 9.59 Å². The Bertz CT molecular complexity index is 789. The highest BCUT2D eigenvalue weighted by molar-refractivity contribution is 6.30. The second kappa shape index (κ2) is 8.84. The molecule has 0 aliphatic rings. The summed E-state index contributed by atoms with van der Waals surface area (Å²) < 4.78 is 5.22. The van der Waals surface area contributed by atoms with E-state index in [1.54, 1.807) is 37.4 Å². The van der Waals surface area contributed by atoms with Crippen LogP contribution in [-0.2, 0) is 9.59 Å². The fourth-order valence-corrected chi connectivity index (χ4v) is 2.15. The second-order valence-electron chi connectivity index (χ2n) is 5.25. The van der Waals surface area contributed by atoms with E-state index in [2.05, 4.69) is 15.8 Å². The fraction of sp³-hybridized carbons (Fsp3) is 0.167. The molecular formula is C18H18ClN3O3. The number of anilines is 1. The Labute approximate surface area is 150 Å². The quantitative estimate of drug-likeness (QED) is 0.472. The average molecular weight is 360 g/mol. The van der Waals surface area contributed by atoms with E-state index in [0.29, 0.717) is 10.7 Å². The number of nitrogens with zero attached hydrogens (tertiary/aromatic N) is 1. The predicted molar refractivity (Wildman–Crippen MR) is 98.2 cm³/mol. The highest BCUT2D eigenvalue weighted by Gasteiger charge is 2.09. The van der Waals surface area contributed by atoms with Crippen molar-refractivity contribution < 1.29 is 14.3 Å². The summed E-state index contributed by atoms with van der Waals surface area (Å²) in [5.41, 5.74) is 4.66. The summed E-state index contributed by atoms with van der Waals surface area (Å²) >= 11 is 5.77. The molecule has 130 valence electrons. The van der Waals surface area contributed by atoms with Crippen molar-refractivity contribution in [2.45, 2.75) is 13.3 Å². The number of ether oxygens (including phenoxy) is 1. The molecule has 0 bridgehead atoms. The van der Waals surface area contributed by atoms with Gasteiger partial charge in [0.05, 0.1) is 13.3 Å². The summed E-state index contributed by atoms with van der Waals surface area (Å²) in [6.07, 6.45) is 1.15. The largest absolute Gasteiger partial charge is 0.496 e. The first-order valence-corrected chi connectivity index (χ1v) is 7.87. The number of hydrogen-bond acceptors (Lipinski definition) is 4. The number of hydrazone groups is 1.